The maximum atomic E-state index is 12.9. The molecule has 1 unspecified atom stereocenters. The van der Waals surface area contributed by atoms with Gasteiger partial charge in [0.2, 0.25) is 0 Å². The summed E-state index contributed by atoms with van der Waals surface area (Å²) in [6.45, 7) is 1.90. The zero-order valence-corrected chi connectivity index (χ0v) is 14.6. The van der Waals surface area contributed by atoms with Crippen molar-refractivity contribution in [2.45, 2.75) is 13.0 Å². The maximum Gasteiger partial charge on any atom is 0.258 e. The van der Waals surface area contributed by atoms with Crippen molar-refractivity contribution in [3.8, 4) is 5.75 Å². The van der Waals surface area contributed by atoms with E-state index in [1.165, 1.54) is 29.8 Å². The zero-order chi connectivity index (χ0) is 17.6. The van der Waals surface area contributed by atoms with Crippen molar-refractivity contribution < 1.29 is 13.9 Å². The molecule has 5 heteroatoms. The minimum absolute atomic E-state index is 0.126. The summed E-state index contributed by atoms with van der Waals surface area (Å²) < 4.78 is 18.3. The topological polar surface area (TPSA) is 38.3 Å². The molecule has 25 heavy (non-hydrogen) atoms. The van der Waals surface area contributed by atoms with Gasteiger partial charge in [0.1, 0.15) is 11.6 Å². The van der Waals surface area contributed by atoms with Crippen molar-refractivity contribution in [2.24, 2.45) is 0 Å². The Morgan fingerprint density at radius 2 is 1.84 bits per heavy atom. The SMILES string of the molecule is Cc1ccc(C(NC(=O)COc2ccc(F)cc2)c2cccs2)cc1. The number of hydrogen-bond donors (Lipinski definition) is 1. The number of amides is 1. The first-order valence-electron chi connectivity index (χ1n) is 7.89. The van der Waals surface area contributed by atoms with E-state index < -0.39 is 0 Å². The summed E-state index contributed by atoms with van der Waals surface area (Å²) in [5, 5.41) is 4.99. The Labute approximate surface area is 150 Å². The van der Waals surface area contributed by atoms with Crippen molar-refractivity contribution in [3.63, 3.8) is 0 Å². The van der Waals surface area contributed by atoms with Gasteiger partial charge in [-0.1, -0.05) is 35.9 Å². The molecule has 1 atom stereocenters. The molecule has 128 valence electrons. The highest BCUT2D eigenvalue weighted by Gasteiger charge is 2.18. The lowest BCUT2D eigenvalue weighted by molar-refractivity contribution is -0.123. The van der Waals surface area contributed by atoms with Gasteiger partial charge in [0.15, 0.2) is 6.61 Å². The molecule has 1 heterocycles. The number of halogens is 1. The van der Waals surface area contributed by atoms with Crippen LogP contribution < -0.4 is 10.1 Å². The quantitative estimate of drug-likeness (QED) is 0.708. The van der Waals surface area contributed by atoms with Crippen molar-refractivity contribution in [1.82, 2.24) is 5.32 Å². The van der Waals surface area contributed by atoms with Crippen LogP contribution in [0.5, 0.6) is 5.75 Å². The molecule has 0 radical (unpaired) electrons. The van der Waals surface area contributed by atoms with Crippen LogP contribution in [-0.2, 0) is 4.79 Å². The van der Waals surface area contributed by atoms with Gasteiger partial charge in [0, 0.05) is 4.88 Å². The van der Waals surface area contributed by atoms with Gasteiger partial charge in [-0.25, -0.2) is 4.39 Å². The Hall–Kier alpha value is -2.66. The molecule has 0 aliphatic carbocycles. The van der Waals surface area contributed by atoms with Gasteiger partial charge < -0.3 is 10.1 Å². The molecule has 1 aromatic heterocycles. The number of rotatable bonds is 6. The highest BCUT2D eigenvalue weighted by Crippen LogP contribution is 2.26. The van der Waals surface area contributed by atoms with Crippen molar-refractivity contribution in [1.29, 1.82) is 0 Å². The van der Waals surface area contributed by atoms with Gasteiger partial charge in [-0.2, -0.15) is 0 Å². The largest absolute Gasteiger partial charge is 0.484 e. The molecule has 0 aliphatic heterocycles. The Kier molecular flexibility index (Phi) is 5.46. The molecule has 2 aromatic carbocycles. The number of carbonyl (C=O) groups is 1. The Bertz CT molecular complexity index is 814. The van der Waals surface area contributed by atoms with Crippen LogP contribution in [0.3, 0.4) is 0 Å². The van der Waals surface area contributed by atoms with E-state index >= 15 is 0 Å². The minimum atomic E-state index is -0.339. The van der Waals surface area contributed by atoms with Gasteiger partial charge in [-0.15, -0.1) is 11.3 Å². The Morgan fingerprint density at radius 3 is 2.48 bits per heavy atom. The second kappa shape index (κ2) is 7.94. The number of benzene rings is 2. The lowest BCUT2D eigenvalue weighted by Gasteiger charge is -2.18. The van der Waals surface area contributed by atoms with Crippen LogP contribution in [0.25, 0.3) is 0 Å². The number of thiophene rings is 1. The minimum Gasteiger partial charge on any atom is -0.484 e. The van der Waals surface area contributed by atoms with Crippen LogP contribution in [0.4, 0.5) is 4.39 Å². The fraction of sp³-hybridized carbons (Fsp3) is 0.150. The molecule has 0 fully saturated rings. The molecule has 0 bridgehead atoms. The summed E-state index contributed by atoms with van der Waals surface area (Å²) in [6.07, 6.45) is 0. The smallest absolute Gasteiger partial charge is 0.258 e. The fourth-order valence-corrected chi connectivity index (χ4v) is 3.22. The number of ether oxygens (including phenoxy) is 1. The first-order chi connectivity index (χ1) is 12.1. The third-order valence-electron chi connectivity index (χ3n) is 3.73. The normalized spacial score (nSPS) is 11.8. The van der Waals surface area contributed by atoms with E-state index in [9.17, 15) is 9.18 Å². The van der Waals surface area contributed by atoms with Gasteiger partial charge in [-0.05, 0) is 48.2 Å². The molecule has 0 aliphatic rings. The second-order valence-electron chi connectivity index (χ2n) is 5.67. The average molecular weight is 355 g/mol. The van der Waals surface area contributed by atoms with Gasteiger partial charge >= 0.3 is 0 Å². The van der Waals surface area contributed by atoms with Gasteiger partial charge in [0.05, 0.1) is 6.04 Å². The Morgan fingerprint density at radius 1 is 1.12 bits per heavy atom. The molecule has 3 nitrogen and oxygen atoms in total. The summed E-state index contributed by atoms with van der Waals surface area (Å²) in [6, 6.07) is 17.4. The molecule has 0 saturated carbocycles. The predicted molar refractivity (Wildman–Crippen MR) is 97.4 cm³/mol. The number of carbonyl (C=O) groups excluding carboxylic acids is 1. The van der Waals surface area contributed by atoms with Gasteiger partial charge in [-0.3, -0.25) is 4.79 Å². The molecule has 0 saturated heterocycles. The third-order valence-corrected chi connectivity index (χ3v) is 4.66. The van der Waals surface area contributed by atoms with Gasteiger partial charge in [0.25, 0.3) is 5.91 Å². The van der Waals surface area contributed by atoms with Crippen LogP contribution in [0.15, 0.2) is 66.0 Å². The predicted octanol–water partition coefficient (Wildman–Crippen LogP) is 4.48. The van der Waals surface area contributed by atoms with Crippen LogP contribution in [-0.4, -0.2) is 12.5 Å². The number of aryl methyl sites for hydroxylation is 1. The molecule has 1 N–H and O–H groups in total. The van der Waals surface area contributed by atoms with Crippen molar-refractivity contribution >= 4 is 17.2 Å². The van der Waals surface area contributed by atoms with E-state index in [0.717, 1.165) is 10.4 Å². The molecular weight excluding hydrogens is 337 g/mol. The van der Waals surface area contributed by atoms with Crippen LogP contribution >= 0.6 is 11.3 Å². The summed E-state index contributed by atoms with van der Waals surface area (Å²) in [7, 11) is 0. The molecule has 3 rings (SSSR count). The number of hydrogen-bond acceptors (Lipinski definition) is 3. The summed E-state index contributed by atoms with van der Waals surface area (Å²) in [5.74, 6) is -0.114. The second-order valence-corrected chi connectivity index (χ2v) is 6.65. The first kappa shape index (κ1) is 17.2. The fourth-order valence-electron chi connectivity index (χ4n) is 2.42. The summed E-state index contributed by atoms with van der Waals surface area (Å²) in [5.41, 5.74) is 2.18. The highest BCUT2D eigenvalue weighted by molar-refractivity contribution is 7.10. The summed E-state index contributed by atoms with van der Waals surface area (Å²) in [4.78, 5) is 13.4. The van der Waals surface area contributed by atoms with E-state index in [1.54, 1.807) is 11.3 Å². The van der Waals surface area contributed by atoms with Crippen LogP contribution in [0, 0.1) is 12.7 Å². The molecule has 0 spiro atoms. The van der Waals surface area contributed by atoms with E-state index in [2.05, 4.69) is 5.32 Å². The molecule has 3 aromatic rings. The van der Waals surface area contributed by atoms with Crippen molar-refractivity contribution in [3.05, 3.63) is 87.9 Å². The first-order valence-corrected chi connectivity index (χ1v) is 8.77. The highest BCUT2D eigenvalue weighted by atomic mass is 32.1. The van der Waals surface area contributed by atoms with Crippen LogP contribution in [0.2, 0.25) is 0 Å². The third kappa shape index (κ3) is 4.67. The standard InChI is InChI=1S/C20H18FNO2S/c1-14-4-6-15(7-5-14)20(18-3-2-12-25-18)22-19(23)13-24-17-10-8-16(21)9-11-17/h2-12,20H,13H2,1H3,(H,22,23). The summed E-state index contributed by atoms with van der Waals surface area (Å²) >= 11 is 1.59. The van der Waals surface area contributed by atoms with E-state index in [4.69, 9.17) is 4.74 Å². The zero-order valence-electron chi connectivity index (χ0n) is 13.7. The van der Waals surface area contributed by atoms with E-state index in [1.807, 2.05) is 48.7 Å². The average Bonchev–Trinajstić information content (AvgIpc) is 3.14. The van der Waals surface area contributed by atoms with Crippen LogP contribution in [0.1, 0.15) is 22.0 Å². The molecular formula is C20H18FNO2S. The van der Waals surface area contributed by atoms with E-state index in [0.29, 0.717) is 5.75 Å². The lowest BCUT2D eigenvalue weighted by atomic mass is 10.0. The van der Waals surface area contributed by atoms with Crippen molar-refractivity contribution in [2.75, 3.05) is 6.61 Å². The maximum absolute atomic E-state index is 12.9. The Balaban J connectivity index is 1.68. The lowest BCUT2D eigenvalue weighted by Crippen LogP contribution is -2.32. The monoisotopic (exact) mass is 355 g/mol. The molecule has 1 amide bonds. The number of nitrogens with one attached hydrogen (secondary N) is 1. The van der Waals surface area contributed by atoms with E-state index in [-0.39, 0.29) is 24.4 Å².